The average molecular weight is 386 g/mol. The lowest BCUT2D eigenvalue weighted by atomic mass is 10.1. The van der Waals surface area contributed by atoms with Gasteiger partial charge in [0, 0.05) is 24.0 Å². The Morgan fingerprint density at radius 2 is 1.83 bits per heavy atom. The largest absolute Gasteiger partial charge is 0.377 e. The number of pyridine rings is 1. The Balaban J connectivity index is 1.45. The minimum Gasteiger partial charge on any atom is -0.377 e. The lowest BCUT2D eigenvalue weighted by Gasteiger charge is -2.21. The normalized spacial score (nSPS) is 18.8. The van der Waals surface area contributed by atoms with Crippen molar-refractivity contribution in [1.29, 1.82) is 0 Å². The van der Waals surface area contributed by atoms with Gasteiger partial charge in [0.25, 0.3) is 5.56 Å². The van der Waals surface area contributed by atoms with E-state index >= 15 is 0 Å². The third-order valence-electron chi connectivity index (χ3n) is 4.95. The van der Waals surface area contributed by atoms with E-state index < -0.39 is 0 Å². The first-order valence-electron chi connectivity index (χ1n) is 9.34. The quantitative estimate of drug-likeness (QED) is 0.575. The zero-order valence-corrected chi connectivity index (χ0v) is 15.5. The minimum absolute atomic E-state index is 0.150. The van der Waals surface area contributed by atoms with Crippen LogP contribution in [0.25, 0.3) is 22.3 Å². The number of fused-ring (bicyclic) bond motifs is 1. The molecule has 1 N–H and O–H groups in total. The van der Waals surface area contributed by atoms with Crippen LogP contribution in [0.3, 0.4) is 0 Å². The fraction of sp³-hybridized carbons (Fsp3) is 0.190. The Hall–Kier alpha value is -3.65. The number of rotatable bonds is 4. The fourth-order valence-corrected chi connectivity index (χ4v) is 3.48. The summed E-state index contributed by atoms with van der Waals surface area (Å²) in [6, 6.07) is 14.3. The molecular formula is C21H18N6O2. The molecule has 8 nitrogen and oxygen atoms in total. The number of nitrogens with zero attached hydrogens (tertiary/aromatic N) is 5. The number of para-hydroxylation sites is 2. The molecule has 0 radical (unpaired) electrons. The van der Waals surface area contributed by atoms with Crippen LogP contribution in [0.4, 0.5) is 5.82 Å². The highest BCUT2D eigenvalue weighted by Gasteiger charge is 2.32. The molecule has 5 rings (SSSR count). The van der Waals surface area contributed by atoms with Crippen LogP contribution in [-0.4, -0.2) is 44.0 Å². The van der Waals surface area contributed by atoms with E-state index in [0.29, 0.717) is 24.7 Å². The maximum atomic E-state index is 12.5. The Labute approximate surface area is 166 Å². The van der Waals surface area contributed by atoms with Crippen molar-refractivity contribution in [2.45, 2.75) is 12.1 Å². The van der Waals surface area contributed by atoms with E-state index in [2.05, 4.69) is 25.4 Å². The van der Waals surface area contributed by atoms with Crippen LogP contribution < -0.4 is 10.9 Å². The summed E-state index contributed by atoms with van der Waals surface area (Å²) in [6.45, 7) is 0.845. The van der Waals surface area contributed by atoms with Gasteiger partial charge in [-0.3, -0.25) is 14.8 Å². The molecule has 0 amide bonds. The van der Waals surface area contributed by atoms with Crippen molar-refractivity contribution in [3.63, 3.8) is 0 Å². The molecule has 1 fully saturated rings. The molecule has 0 aliphatic carbocycles. The molecule has 8 heteroatoms. The van der Waals surface area contributed by atoms with Crippen molar-refractivity contribution in [2.75, 3.05) is 18.5 Å². The third kappa shape index (κ3) is 3.45. The molecule has 0 bridgehead atoms. The molecule has 2 unspecified atom stereocenters. The van der Waals surface area contributed by atoms with Crippen LogP contribution in [0.1, 0.15) is 6.04 Å². The summed E-state index contributed by atoms with van der Waals surface area (Å²) >= 11 is 0. The molecule has 2 atom stereocenters. The summed E-state index contributed by atoms with van der Waals surface area (Å²) < 4.78 is 7.16. The molecular weight excluding hydrogens is 368 g/mol. The van der Waals surface area contributed by atoms with Crippen molar-refractivity contribution in [1.82, 2.24) is 24.7 Å². The van der Waals surface area contributed by atoms with Gasteiger partial charge in [-0.15, -0.1) is 0 Å². The van der Waals surface area contributed by atoms with Crippen LogP contribution in [0.2, 0.25) is 0 Å². The highest BCUT2D eigenvalue weighted by molar-refractivity contribution is 5.75. The van der Waals surface area contributed by atoms with Crippen LogP contribution >= 0.6 is 0 Å². The Morgan fingerprint density at radius 1 is 1.00 bits per heavy atom. The van der Waals surface area contributed by atoms with Crippen LogP contribution in [0, 0.1) is 0 Å². The second-order valence-electron chi connectivity index (χ2n) is 6.84. The number of anilines is 1. The van der Waals surface area contributed by atoms with Crippen molar-refractivity contribution in [2.24, 2.45) is 0 Å². The Kier molecular flexibility index (Phi) is 4.45. The van der Waals surface area contributed by atoms with E-state index in [0.717, 1.165) is 16.6 Å². The molecule has 0 saturated carbocycles. The first-order valence-corrected chi connectivity index (χ1v) is 9.34. The summed E-state index contributed by atoms with van der Waals surface area (Å²) in [6.07, 6.45) is 5.10. The van der Waals surface area contributed by atoms with Gasteiger partial charge in [0.1, 0.15) is 11.9 Å². The second-order valence-corrected chi connectivity index (χ2v) is 6.84. The van der Waals surface area contributed by atoms with E-state index in [9.17, 15) is 4.79 Å². The zero-order valence-electron chi connectivity index (χ0n) is 15.5. The molecule has 0 spiro atoms. The first-order chi connectivity index (χ1) is 14.3. The predicted octanol–water partition coefficient (Wildman–Crippen LogP) is 2.30. The molecule has 1 aliphatic rings. The molecule has 3 aromatic heterocycles. The minimum atomic E-state index is -0.252. The van der Waals surface area contributed by atoms with E-state index in [-0.39, 0.29) is 17.6 Å². The maximum absolute atomic E-state index is 12.5. The molecule has 4 heterocycles. The SMILES string of the molecule is O=c1ccc(-c2ccncc2)nn1C1COCC1Nc1cnc2ccccc2n1. The van der Waals surface area contributed by atoms with Crippen LogP contribution in [0.15, 0.2) is 71.9 Å². The monoisotopic (exact) mass is 386 g/mol. The topological polar surface area (TPSA) is 94.8 Å². The Bertz CT molecular complexity index is 1210. The van der Waals surface area contributed by atoms with Crippen molar-refractivity contribution in [3.05, 3.63) is 77.5 Å². The van der Waals surface area contributed by atoms with Gasteiger partial charge in [-0.05, 0) is 30.3 Å². The third-order valence-corrected chi connectivity index (χ3v) is 4.95. The first kappa shape index (κ1) is 17.4. The lowest BCUT2D eigenvalue weighted by Crippen LogP contribution is -2.37. The molecule has 144 valence electrons. The van der Waals surface area contributed by atoms with E-state index in [4.69, 9.17) is 4.74 Å². The summed E-state index contributed by atoms with van der Waals surface area (Å²) in [4.78, 5) is 25.6. The summed E-state index contributed by atoms with van der Waals surface area (Å²) in [7, 11) is 0. The zero-order chi connectivity index (χ0) is 19.6. The van der Waals surface area contributed by atoms with Gasteiger partial charge in [0.15, 0.2) is 0 Å². The number of benzene rings is 1. The number of aromatic nitrogens is 5. The molecule has 1 aliphatic heterocycles. The molecule has 1 saturated heterocycles. The smallest absolute Gasteiger partial charge is 0.267 e. The van der Waals surface area contributed by atoms with Gasteiger partial charge in [-0.2, -0.15) is 5.10 Å². The highest BCUT2D eigenvalue weighted by Crippen LogP contribution is 2.23. The van der Waals surface area contributed by atoms with Crippen molar-refractivity contribution < 1.29 is 4.74 Å². The summed E-state index contributed by atoms with van der Waals surface area (Å²) in [5, 5.41) is 7.95. The van der Waals surface area contributed by atoms with Gasteiger partial charge in [0.05, 0.1) is 42.2 Å². The average Bonchev–Trinajstić information content (AvgIpc) is 3.22. The van der Waals surface area contributed by atoms with Gasteiger partial charge < -0.3 is 10.1 Å². The van der Waals surface area contributed by atoms with Gasteiger partial charge in [0.2, 0.25) is 0 Å². The van der Waals surface area contributed by atoms with Gasteiger partial charge in [-0.25, -0.2) is 9.67 Å². The standard InChI is InChI=1S/C21H18N6O2/c28-21-6-5-15(14-7-9-22-10-8-14)26-27(21)19-13-29-12-18(19)25-20-11-23-16-3-1-2-4-17(16)24-20/h1-11,18-19H,12-13H2,(H,24,25). The lowest BCUT2D eigenvalue weighted by molar-refractivity contribution is 0.183. The predicted molar refractivity (Wildman–Crippen MR) is 109 cm³/mol. The van der Waals surface area contributed by atoms with E-state index in [1.54, 1.807) is 24.7 Å². The highest BCUT2D eigenvalue weighted by atomic mass is 16.5. The summed E-state index contributed by atoms with van der Waals surface area (Å²) in [5.74, 6) is 0.641. The number of ether oxygens (including phenoxy) is 1. The van der Waals surface area contributed by atoms with Crippen LogP contribution in [0.5, 0.6) is 0 Å². The second kappa shape index (κ2) is 7.40. The van der Waals surface area contributed by atoms with Gasteiger partial charge >= 0.3 is 0 Å². The maximum Gasteiger partial charge on any atom is 0.267 e. The van der Waals surface area contributed by atoms with Crippen molar-refractivity contribution in [3.8, 4) is 11.3 Å². The van der Waals surface area contributed by atoms with Crippen molar-refractivity contribution >= 4 is 16.9 Å². The Morgan fingerprint density at radius 3 is 2.69 bits per heavy atom. The number of hydrogen-bond acceptors (Lipinski definition) is 7. The molecule has 1 aromatic carbocycles. The van der Waals surface area contributed by atoms with Crippen LogP contribution in [-0.2, 0) is 4.74 Å². The number of hydrogen-bond donors (Lipinski definition) is 1. The van der Waals surface area contributed by atoms with Gasteiger partial charge in [-0.1, -0.05) is 12.1 Å². The fourth-order valence-electron chi connectivity index (χ4n) is 3.48. The van der Waals surface area contributed by atoms with E-state index in [1.807, 2.05) is 36.4 Å². The molecule has 4 aromatic rings. The number of nitrogens with one attached hydrogen (secondary N) is 1. The van der Waals surface area contributed by atoms with E-state index in [1.165, 1.54) is 10.7 Å². The molecule has 29 heavy (non-hydrogen) atoms. The summed E-state index contributed by atoms with van der Waals surface area (Å²) in [5.41, 5.74) is 3.08.